The van der Waals surface area contributed by atoms with Crippen LogP contribution in [0.1, 0.15) is 61.9 Å². The summed E-state index contributed by atoms with van der Waals surface area (Å²) in [7, 11) is 0. The van der Waals surface area contributed by atoms with E-state index in [2.05, 4.69) is 35.1 Å². The molecule has 6 nitrogen and oxygen atoms in total. The Morgan fingerprint density at radius 3 is 2.91 bits per heavy atom. The highest BCUT2D eigenvalue weighted by Gasteiger charge is 2.53. The minimum absolute atomic E-state index is 0.110. The average Bonchev–Trinajstić information content (AvgIpc) is 3.28. The molecule has 2 heterocycles. The second kappa shape index (κ2) is 8.26. The topological polar surface area (TPSA) is 88.6 Å². The number of fused-ring (bicyclic) bond motifs is 3. The van der Waals surface area contributed by atoms with E-state index >= 15 is 0 Å². The monoisotopic (exact) mass is 448 g/mol. The Kier molecular flexibility index (Phi) is 5.53. The molecule has 1 saturated carbocycles. The average molecular weight is 449 g/mol. The second-order valence-corrected chi connectivity index (χ2v) is 9.93. The van der Waals surface area contributed by atoms with Crippen molar-refractivity contribution < 1.29 is 19.4 Å². The Balaban J connectivity index is 1.39. The fourth-order valence-electron chi connectivity index (χ4n) is 5.99. The van der Waals surface area contributed by atoms with Gasteiger partial charge in [-0.15, -0.1) is 0 Å². The predicted molar refractivity (Wildman–Crippen MR) is 125 cm³/mol. The highest BCUT2D eigenvalue weighted by molar-refractivity contribution is 5.58. The summed E-state index contributed by atoms with van der Waals surface area (Å²) in [6.07, 6.45) is 6.80. The van der Waals surface area contributed by atoms with Crippen molar-refractivity contribution in [1.82, 2.24) is 9.97 Å². The molecule has 2 aromatic heterocycles. The largest absolute Gasteiger partial charge is 0.470 e. The Morgan fingerprint density at radius 2 is 2.12 bits per heavy atom. The molecule has 1 fully saturated rings. The van der Waals surface area contributed by atoms with Crippen molar-refractivity contribution in [2.75, 3.05) is 0 Å². The van der Waals surface area contributed by atoms with Gasteiger partial charge in [0.1, 0.15) is 6.61 Å². The second-order valence-electron chi connectivity index (χ2n) is 9.93. The number of oxazole rings is 1. The quantitative estimate of drug-likeness (QED) is 0.586. The number of hydrogen-bond acceptors (Lipinski definition) is 6. The molecule has 2 aliphatic rings. The van der Waals surface area contributed by atoms with Crippen LogP contribution in [0.15, 0.2) is 47.2 Å². The maximum Gasteiger partial charge on any atom is 0.253 e. The zero-order valence-electron chi connectivity index (χ0n) is 19.5. The van der Waals surface area contributed by atoms with Gasteiger partial charge in [-0.25, -0.2) is 0 Å². The highest BCUT2D eigenvalue weighted by Crippen LogP contribution is 2.55. The first-order valence-electron chi connectivity index (χ1n) is 11.9. The molecule has 5 rings (SSSR count). The lowest BCUT2D eigenvalue weighted by atomic mass is 9.52. The van der Waals surface area contributed by atoms with Gasteiger partial charge in [-0.2, -0.15) is 4.98 Å². The van der Waals surface area contributed by atoms with Gasteiger partial charge in [0.2, 0.25) is 5.89 Å². The van der Waals surface area contributed by atoms with Gasteiger partial charge >= 0.3 is 0 Å². The van der Waals surface area contributed by atoms with Gasteiger partial charge in [-0.3, -0.25) is 4.98 Å². The predicted octanol–water partition coefficient (Wildman–Crippen LogP) is 4.74. The van der Waals surface area contributed by atoms with Crippen LogP contribution >= 0.6 is 0 Å². The Bertz CT molecular complexity index is 1150. The molecule has 3 aromatic rings. The van der Waals surface area contributed by atoms with Crippen molar-refractivity contribution in [2.24, 2.45) is 5.92 Å². The van der Waals surface area contributed by atoms with Crippen molar-refractivity contribution in [2.45, 2.75) is 76.6 Å². The Labute approximate surface area is 194 Å². The van der Waals surface area contributed by atoms with E-state index in [1.165, 1.54) is 11.1 Å². The van der Waals surface area contributed by atoms with E-state index in [-0.39, 0.29) is 5.41 Å². The molecule has 2 N–H and O–H groups in total. The third-order valence-corrected chi connectivity index (χ3v) is 7.94. The van der Waals surface area contributed by atoms with E-state index in [1.807, 2.05) is 19.1 Å². The number of ether oxygens (including phenoxy) is 1. The third kappa shape index (κ3) is 3.85. The lowest BCUT2D eigenvalue weighted by Crippen LogP contribution is -2.56. The normalized spacial score (nSPS) is 28.8. The first-order valence-corrected chi connectivity index (χ1v) is 11.9. The molecule has 1 aromatic carbocycles. The van der Waals surface area contributed by atoms with E-state index in [0.717, 1.165) is 36.1 Å². The van der Waals surface area contributed by atoms with Crippen LogP contribution in [0, 0.1) is 12.8 Å². The van der Waals surface area contributed by atoms with Crippen LogP contribution in [0.2, 0.25) is 0 Å². The summed E-state index contributed by atoms with van der Waals surface area (Å²) < 4.78 is 11.6. The first kappa shape index (κ1) is 22.1. The van der Waals surface area contributed by atoms with Crippen LogP contribution in [0.4, 0.5) is 0 Å². The molecular weight excluding hydrogens is 416 g/mol. The highest BCUT2D eigenvalue weighted by atomic mass is 16.5. The molecule has 0 aliphatic heterocycles. The number of nitrogens with zero attached hydrogens (tertiary/aromatic N) is 2. The lowest BCUT2D eigenvalue weighted by Gasteiger charge is -2.54. The summed E-state index contributed by atoms with van der Waals surface area (Å²) in [5, 5.41) is 21.4. The molecule has 2 aliphatic carbocycles. The van der Waals surface area contributed by atoms with Crippen molar-refractivity contribution in [3.8, 4) is 17.3 Å². The SMILES string of the molecule is CC[C@@]12C[C@@](C)(O)[C@H](O)C[C@H]1CCc1cc(-c3nc(OCc4cccnc4C)co3)ccc12. The number of rotatable bonds is 5. The van der Waals surface area contributed by atoms with Crippen LogP contribution in [0.3, 0.4) is 0 Å². The van der Waals surface area contributed by atoms with Gasteiger partial charge in [0.25, 0.3) is 5.88 Å². The maximum atomic E-state index is 10.9. The molecule has 0 radical (unpaired) electrons. The van der Waals surface area contributed by atoms with E-state index in [4.69, 9.17) is 9.15 Å². The van der Waals surface area contributed by atoms with Crippen LogP contribution in [-0.2, 0) is 18.4 Å². The summed E-state index contributed by atoms with van der Waals surface area (Å²) >= 11 is 0. The molecule has 0 spiro atoms. The Morgan fingerprint density at radius 1 is 1.27 bits per heavy atom. The Hall–Kier alpha value is -2.70. The third-order valence-electron chi connectivity index (χ3n) is 7.94. The fourth-order valence-corrected chi connectivity index (χ4v) is 5.99. The van der Waals surface area contributed by atoms with E-state index in [0.29, 0.717) is 37.1 Å². The number of pyridine rings is 1. The summed E-state index contributed by atoms with van der Waals surface area (Å²) in [4.78, 5) is 8.83. The summed E-state index contributed by atoms with van der Waals surface area (Å²) in [5.41, 5.74) is 4.28. The zero-order chi connectivity index (χ0) is 23.2. The van der Waals surface area contributed by atoms with Crippen LogP contribution in [0.5, 0.6) is 5.88 Å². The minimum atomic E-state index is -1.07. The van der Waals surface area contributed by atoms with Gasteiger partial charge in [0.15, 0.2) is 6.26 Å². The van der Waals surface area contributed by atoms with Crippen molar-refractivity contribution in [1.29, 1.82) is 0 Å². The minimum Gasteiger partial charge on any atom is -0.470 e. The number of aryl methyl sites for hydroxylation is 2. The number of aliphatic hydroxyl groups excluding tert-OH is 1. The molecule has 0 unspecified atom stereocenters. The van der Waals surface area contributed by atoms with E-state index < -0.39 is 11.7 Å². The maximum absolute atomic E-state index is 10.9. The molecule has 0 saturated heterocycles. The van der Waals surface area contributed by atoms with Gasteiger partial charge in [0.05, 0.1) is 11.7 Å². The molecule has 33 heavy (non-hydrogen) atoms. The first-order chi connectivity index (χ1) is 15.8. The molecule has 174 valence electrons. The summed E-state index contributed by atoms with van der Waals surface area (Å²) in [5.74, 6) is 1.37. The smallest absolute Gasteiger partial charge is 0.253 e. The number of aromatic nitrogens is 2. The van der Waals surface area contributed by atoms with Crippen molar-refractivity contribution in [3.63, 3.8) is 0 Å². The molecular formula is C27H32N2O4. The van der Waals surface area contributed by atoms with E-state index in [9.17, 15) is 10.2 Å². The number of aliphatic hydroxyl groups is 2. The molecule has 6 heteroatoms. The van der Waals surface area contributed by atoms with Gasteiger partial charge in [-0.05, 0) is 81.2 Å². The molecule has 4 atom stereocenters. The van der Waals surface area contributed by atoms with Gasteiger partial charge in [0, 0.05) is 28.4 Å². The number of benzene rings is 1. The van der Waals surface area contributed by atoms with Crippen LogP contribution in [-0.4, -0.2) is 31.9 Å². The van der Waals surface area contributed by atoms with Crippen LogP contribution < -0.4 is 4.74 Å². The fraction of sp³-hybridized carbons (Fsp3) is 0.481. The van der Waals surface area contributed by atoms with E-state index in [1.54, 1.807) is 19.4 Å². The molecule has 0 amide bonds. The van der Waals surface area contributed by atoms with Crippen molar-refractivity contribution in [3.05, 3.63) is 65.2 Å². The van der Waals surface area contributed by atoms with Gasteiger partial charge in [-0.1, -0.05) is 19.1 Å². The number of hydrogen-bond donors (Lipinski definition) is 2. The standard InChI is InChI=1S/C27H32N2O4/c1-4-27-16-26(3,31)23(30)13-21(27)9-7-18-12-19(8-10-22(18)27)25-29-24(15-33-25)32-14-20-6-5-11-28-17(20)2/h5-6,8,10-12,15,21,23,30-31H,4,7,9,13-14,16H2,1-3H3/t21-,23-,26-,27-/m1/s1. The van der Waals surface area contributed by atoms with Gasteiger partial charge < -0.3 is 19.4 Å². The van der Waals surface area contributed by atoms with Crippen molar-refractivity contribution >= 4 is 0 Å². The zero-order valence-corrected chi connectivity index (χ0v) is 19.5. The molecule has 0 bridgehead atoms. The van der Waals surface area contributed by atoms with Crippen LogP contribution in [0.25, 0.3) is 11.5 Å². The summed E-state index contributed by atoms with van der Waals surface area (Å²) in [6.45, 7) is 6.32. The summed E-state index contributed by atoms with van der Waals surface area (Å²) in [6, 6.07) is 10.3. The lowest BCUT2D eigenvalue weighted by molar-refractivity contribution is -0.130.